The Bertz CT molecular complexity index is 353. The van der Waals surface area contributed by atoms with Crippen LogP contribution in [0.1, 0.15) is 32.1 Å². The van der Waals surface area contributed by atoms with Gasteiger partial charge in [0.05, 0.1) is 0 Å². The number of halogens is 1. The van der Waals surface area contributed by atoms with Crippen LogP contribution in [0.5, 0.6) is 0 Å². The summed E-state index contributed by atoms with van der Waals surface area (Å²) in [6, 6.07) is 4.28. The molecule has 4 heteroatoms. The maximum Gasteiger partial charge on any atom is 0.110 e. The minimum atomic E-state index is 0.314. The van der Waals surface area contributed by atoms with Crippen molar-refractivity contribution < 1.29 is 0 Å². The van der Waals surface area contributed by atoms with Crippen molar-refractivity contribution in [1.82, 2.24) is 4.98 Å². The van der Waals surface area contributed by atoms with Gasteiger partial charge in [0, 0.05) is 22.5 Å². The second-order valence-corrected chi connectivity index (χ2v) is 6.53. The lowest BCUT2D eigenvalue weighted by atomic mass is 9.85. The maximum atomic E-state index is 6.28. The number of hydrogen-bond acceptors (Lipinski definition) is 3. The molecule has 2 nitrogen and oxygen atoms in total. The number of pyridine rings is 1. The Hall–Kier alpha value is -0.0600. The Morgan fingerprint density at radius 1 is 1.41 bits per heavy atom. The van der Waals surface area contributed by atoms with Crippen LogP contribution in [0.25, 0.3) is 0 Å². The van der Waals surface area contributed by atoms with Crippen molar-refractivity contribution in [2.75, 3.05) is 5.75 Å². The summed E-state index contributed by atoms with van der Waals surface area (Å²) in [4.78, 5) is 4.36. The lowest BCUT2D eigenvalue weighted by Gasteiger charge is -2.27. The van der Waals surface area contributed by atoms with Crippen molar-refractivity contribution in [3.05, 3.63) is 22.8 Å². The summed E-state index contributed by atoms with van der Waals surface area (Å²) in [6.07, 6.45) is 8.56. The minimum absolute atomic E-state index is 0.314. The zero-order chi connectivity index (χ0) is 12.1. The first-order valence-electron chi connectivity index (χ1n) is 6.26. The first-order valence-corrected chi connectivity index (χ1v) is 8.04. The van der Waals surface area contributed by atoms with Crippen molar-refractivity contribution in [2.45, 2.75) is 43.2 Å². The molecule has 0 radical (unpaired) electrons. The molecule has 0 saturated heterocycles. The highest BCUT2D eigenvalue weighted by Gasteiger charge is 2.20. The number of nitrogens with two attached hydrogens (primary N) is 1. The predicted octanol–water partition coefficient (Wildman–Crippen LogP) is 3.84. The third-order valence-electron chi connectivity index (χ3n) is 3.39. The highest BCUT2D eigenvalue weighted by atomic mass is 79.9. The van der Waals surface area contributed by atoms with E-state index >= 15 is 0 Å². The molecule has 0 spiro atoms. The van der Waals surface area contributed by atoms with E-state index in [-0.39, 0.29) is 0 Å². The fourth-order valence-corrected chi connectivity index (χ4v) is 3.91. The predicted molar refractivity (Wildman–Crippen MR) is 77.2 cm³/mol. The van der Waals surface area contributed by atoms with Crippen LogP contribution in [-0.2, 0) is 0 Å². The van der Waals surface area contributed by atoms with Gasteiger partial charge in [-0.25, -0.2) is 4.98 Å². The Kier molecular flexibility index (Phi) is 5.32. The molecule has 1 aromatic heterocycles. The Labute approximate surface area is 116 Å². The van der Waals surface area contributed by atoms with Crippen molar-refractivity contribution in [1.29, 1.82) is 0 Å². The van der Waals surface area contributed by atoms with Crippen LogP contribution >= 0.6 is 27.7 Å². The molecule has 0 aliphatic heterocycles. The molecule has 1 fully saturated rings. The Balaban J connectivity index is 1.83. The number of aromatic nitrogens is 1. The average Bonchev–Trinajstić information content (AvgIpc) is 2.38. The summed E-state index contributed by atoms with van der Waals surface area (Å²) < 4.78 is 1.07. The van der Waals surface area contributed by atoms with E-state index in [1.165, 1.54) is 32.1 Å². The summed E-state index contributed by atoms with van der Waals surface area (Å²) in [5.74, 6) is 1.69. The average molecular weight is 315 g/mol. The molecule has 0 amide bonds. The molecule has 0 aromatic carbocycles. The molecule has 0 bridgehead atoms. The second kappa shape index (κ2) is 6.76. The number of hydrogen-bond donors (Lipinski definition) is 1. The third-order valence-corrected chi connectivity index (χ3v) is 5.45. The standard InChI is InChI=1S/C13H19BrN2S/c14-11-7-4-8-16-13(11)17-9-12(15)10-5-2-1-3-6-10/h4,7-8,10,12H,1-3,5-6,9,15H2. The highest BCUT2D eigenvalue weighted by molar-refractivity contribution is 9.10. The van der Waals surface area contributed by atoms with Gasteiger partial charge in [0.1, 0.15) is 5.03 Å². The number of thioether (sulfide) groups is 1. The zero-order valence-corrected chi connectivity index (χ0v) is 12.3. The summed E-state index contributed by atoms with van der Waals surface area (Å²) in [5, 5.41) is 1.05. The molecule has 1 atom stereocenters. The lowest BCUT2D eigenvalue weighted by Crippen LogP contribution is -2.33. The first kappa shape index (κ1) is 13.4. The van der Waals surface area contributed by atoms with Gasteiger partial charge in [0.25, 0.3) is 0 Å². The normalized spacial score (nSPS) is 19.2. The molecule has 1 aromatic rings. The van der Waals surface area contributed by atoms with Gasteiger partial charge in [-0.05, 0) is 46.8 Å². The molecule has 2 N–H and O–H groups in total. The molecule has 1 aliphatic carbocycles. The third kappa shape index (κ3) is 3.97. The van der Waals surface area contributed by atoms with Crippen LogP contribution in [0, 0.1) is 5.92 Å². The summed E-state index contributed by atoms with van der Waals surface area (Å²) in [5.41, 5.74) is 6.28. The van der Waals surface area contributed by atoms with Crippen LogP contribution in [0.15, 0.2) is 27.8 Å². The van der Waals surface area contributed by atoms with Gasteiger partial charge < -0.3 is 5.73 Å². The highest BCUT2D eigenvalue weighted by Crippen LogP contribution is 2.30. The molecule has 1 unspecified atom stereocenters. The van der Waals surface area contributed by atoms with Crippen molar-refractivity contribution in [2.24, 2.45) is 11.7 Å². The van der Waals surface area contributed by atoms with E-state index in [2.05, 4.69) is 20.9 Å². The molecular formula is C13H19BrN2S. The maximum absolute atomic E-state index is 6.28. The number of rotatable bonds is 4. The van der Waals surface area contributed by atoms with Gasteiger partial charge in [0.2, 0.25) is 0 Å². The molecule has 1 aliphatic rings. The quantitative estimate of drug-likeness (QED) is 0.858. The lowest BCUT2D eigenvalue weighted by molar-refractivity contribution is 0.319. The molecule has 1 saturated carbocycles. The zero-order valence-electron chi connectivity index (χ0n) is 9.94. The van der Waals surface area contributed by atoms with Crippen molar-refractivity contribution >= 4 is 27.7 Å². The van der Waals surface area contributed by atoms with E-state index < -0.39 is 0 Å². The van der Waals surface area contributed by atoms with Gasteiger partial charge in [-0.15, -0.1) is 11.8 Å². The van der Waals surface area contributed by atoms with E-state index in [0.717, 1.165) is 21.2 Å². The van der Waals surface area contributed by atoms with Crippen molar-refractivity contribution in [3.8, 4) is 0 Å². The smallest absolute Gasteiger partial charge is 0.110 e. The fraction of sp³-hybridized carbons (Fsp3) is 0.615. The van der Waals surface area contributed by atoms with Crippen molar-refractivity contribution in [3.63, 3.8) is 0 Å². The number of nitrogens with zero attached hydrogens (tertiary/aromatic N) is 1. The summed E-state index contributed by atoms with van der Waals surface area (Å²) >= 11 is 5.28. The first-order chi connectivity index (χ1) is 8.27. The summed E-state index contributed by atoms with van der Waals surface area (Å²) in [6.45, 7) is 0. The van der Waals surface area contributed by atoms with E-state index in [4.69, 9.17) is 5.73 Å². The monoisotopic (exact) mass is 314 g/mol. The van der Waals surface area contributed by atoms with E-state index in [1.807, 2.05) is 18.3 Å². The molecule has 2 rings (SSSR count). The van der Waals surface area contributed by atoms with Crippen LogP contribution in [0.4, 0.5) is 0 Å². The van der Waals surface area contributed by atoms with Crippen LogP contribution in [0.2, 0.25) is 0 Å². The SMILES string of the molecule is NC(CSc1ncccc1Br)C1CCCCC1. The van der Waals surface area contributed by atoms with Gasteiger partial charge in [-0.1, -0.05) is 19.3 Å². The summed E-state index contributed by atoms with van der Waals surface area (Å²) in [7, 11) is 0. The minimum Gasteiger partial charge on any atom is -0.327 e. The van der Waals surface area contributed by atoms with E-state index in [9.17, 15) is 0 Å². The Morgan fingerprint density at radius 3 is 2.88 bits per heavy atom. The topological polar surface area (TPSA) is 38.9 Å². The molecular weight excluding hydrogens is 296 g/mol. The van der Waals surface area contributed by atoms with Crippen LogP contribution in [0.3, 0.4) is 0 Å². The van der Waals surface area contributed by atoms with Gasteiger partial charge in [-0.2, -0.15) is 0 Å². The second-order valence-electron chi connectivity index (χ2n) is 4.66. The van der Waals surface area contributed by atoms with E-state index in [0.29, 0.717) is 6.04 Å². The fourth-order valence-electron chi connectivity index (χ4n) is 2.35. The van der Waals surface area contributed by atoms with Crippen LogP contribution < -0.4 is 5.73 Å². The van der Waals surface area contributed by atoms with Crippen LogP contribution in [-0.4, -0.2) is 16.8 Å². The van der Waals surface area contributed by atoms with Gasteiger partial charge in [0.15, 0.2) is 0 Å². The Morgan fingerprint density at radius 2 is 2.18 bits per heavy atom. The molecule has 17 heavy (non-hydrogen) atoms. The largest absolute Gasteiger partial charge is 0.327 e. The molecule has 94 valence electrons. The van der Waals surface area contributed by atoms with Gasteiger partial charge in [-0.3, -0.25) is 0 Å². The van der Waals surface area contributed by atoms with E-state index in [1.54, 1.807) is 11.8 Å². The van der Waals surface area contributed by atoms with Gasteiger partial charge >= 0.3 is 0 Å². The molecule has 1 heterocycles.